The molecule has 0 saturated carbocycles. The third-order valence-corrected chi connectivity index (χ3v) is 6.51. The molecule has 1 fully saturated rings. The van der Waals surface area contributed by atoms with Crippen molar-refractivity contribution in [2.45, 2.75) is 32.4 Å². The molecule has 1 aromatic heterocycles. The number of likely N-dealkylation sites (tertiary alicyclic amines) is 1. The molecule has 1 saturated heterocycles. The minimum Gasteiger partial charge on any atom is -0.507 e. The molecule has 0 spiro atoms. The molecule has 2 aromatic carbocycles. The van der Waals surface area contributed by atoms with E-state index in [0.717, 1.165) is 18.4 Å². The Balaban J connectivity index is 1.84. The standard InChI is InChI=1S/C30H32N2O7/c1-5-6-14-39-22-11-9-20(10-12-22)27(33)25-26(21-15-23(36-2)29(38-4)24(16-21)37-3)32(30(35)28(25)34)18-19-8-7-13-31-17-19/h7-13,15-17,26,33H,5-6,14,18H2,1-4H3/b27-25+. The summed E-state index contributed by atoms with van der Waals surface area (Å²) in [5.74, 6) is -0.0948. The van der Waals surface area contributed by atoms with Crippen LogP contribution < -0.4 is 18.9 Å². The summed E-state index contributed by atoms with van der Waals surface area (Å²) in [6.07, 6.45) is 5.20. The number of aromatic nitrogens is 1. The van der Waals surface area contributed by atoms with Crippen LogP contribution in [0.5, 0.6) is 23.0 Å². The molecule has 2 heterocycles. The molecule has 39 heavy (non-hydrogen) atoms. The lowest BCUT2D eigenvalue weighted by atomic mass is 9.94. The van der Waals surface area contributed by atoms with Gasteiger partial charge in [-0.25, -0.2) is 0 Å². The Kier molecular flexibility index (Phi) is 8.70. The minimum absolute atomic E-state index is 0.0437. The Hall–Kier alpha value is -4.53. The Bertz CT molecular complexity index is 1330. The van der Waals surface area contributed by atoms with Gasteiger partial charge in [-0.1, -0.05) is 19.4 Å². The van der Waals surface area contributed by atoms with E-state index in [9.17, 15) is 14.7 Å². The van der Waals surface area contributed by atoms with E-state index in [-0.39, 0.29) is 17.9 Å². The number of hydrogen-bond donors (Lipinski definition) is 1. The van der Waals surface area contributed by atoms with Crippen LogP contribution in [-0.2, 0) is 16.1 Å². The molecular formula is C30H32N2O7. The van der Waals surface area contributed by atoms with Gasteiger partial charge in [0.1, 0.15) is 11.5 Å². The highest BCUT2D eigenvalue weighted by Gasteiger charge is 2.46. The van der Waals surface area contributed by atoms with Crippen LogP contribution in [0.15, 0.2) is 66.5 Å². The number of amides is 1. The SMILES string of the molecule is CCCCOc1ccc(/C(O)=C2\C(=O)C(=O)N(Cc3cccnc3)C2c2cc(OC)c(OC)c(OC)c2)cc1. The van der Waals surface area contributed by atoms with Gasteiger partial charge in [0.05, 0.1) is 39.6 Å². The van der Waals surface area contributed by atoms with E-state index in [0.29, 0.717) is 40.7 Å². The number of aliphatic hydroxyl groups is 1. The number of ether oxygens (including phenoxy) is 4. The largest absolute Gasteiger partial charge is 0.507 e. The van der Waals surface area contributed by atoms with Gasteiger partial charge in [0.15, 0.2) is 11.5 Å². The topological polar surface area (TPSA) is 107 Å². The molecular weight excluding hydrogens is 500 g/mol. The van der Waals surface area contributed by atoms with Gasteiger partial charge in [0, 0.05) is 24.5 Å². The minimum atomic E-state index is -0.931. The van der Waals surface area contributed by atoms with Crippen LogP contribution in [-0.4, -0.2) is 54.6 Å². The lowest BCUT2D eigenvalue weighted by molar-refractivity contribution is -0.140. The highest BCUT2D eigenvalue weighted by molar-refractivity contribution is 6.46. The zero-order chi connectivity index (χ0) is 27.9. The van der Waals surface area contributed by atoms with Crippen LogP contribution in [0.4, 0.5) is 0 Å². The second-order valence-electron chi connectivity index (χ2n) is 8.97. The monoisotopic (exact) mass is 532 g/mol. The number of nitrogens with zero attached hydrogens (tertiary/aromatic N) is 2. The second-order valence-corrected chi connectivity index (χ2v) is 8.97. The first kappa shape index (κ1) is 27.5. The molecule has 9 nitrogen and oxygen atoms in total. The zero-order valence-electron chi connectivity index (χ0n) is 22.5. The fraction of sp³-hybridized carbons (Fsp3) is 0.300. The average Bonchev–Trinajstić information content (AvgIpc) is 3.21. The Morgan fingerprint density at radius 1 is 1.00 bits per heavy atom. The molecule has 0 bridgehead atoms. The predicted molar refractivity (Wildman–Crippen MR) is 145 cm³/mol. The van der Waals surface area contributed by atoms with Gasteiger partial charge in [-0.05, 0) is 60.0 Å². The molecule has 1 amide bonds. The quantitative estimate of drug-likeness (QED) is 0.161. The Morgan fingerprint density at radius 3 is 2.26 bits per heavy atom. The van der Waals surface area contributed by atoms with Gasteiger partial charge < -0.3 is 29.0 Å². The van der Waals surface area contributed by atoms with Crippen molar-refractivity contribution in [2.24, 2.45) is 0 Å². The summed E-state index contributed by atoms with van der Waals surface area (Å²) in [6, 6.07) is 12.8. The van der Waals surface area contributed by atoms with Crippen LogP contribution >= 0.6 is 0 Å². The van der Waals surface area contributed by atoms with Crippen molar-refractivity contribution >= 4 is 17.4 Å². The van der Waals surface area contributed by atoms with E-state index in [1.165, 1.54) is 26.2 Å². The first-order valence-corrected chi connectivity index (χ1v) is 12.6. The van der Waals surface area contributed by atoms with Gasteiger partial charge >= 0.3 is 0 Å². The number of carbonyl (C=O) groups excluding carboxylic acids is 2. The van der Waals surface area contributed by atoms with Gasteiger partial charge in [0.2, 0.25) is 5.75 Å². The van der Waals surface area contributed by atoms with E-state index in [1.807, 2.05) is 6.07 Å². The summed E-state index contributed by atoms with van der Waals surface area (Å²) in [7, 11) is 4.46. The van der Waals surface area contributed by atoms with E-state index in [4.69, 9.17) is 18.9 Å². The van der Waals surface area contributed by atoms with Gasteiger partial charge in [-0.15, -0.1) is 0 Å². The summed E-state index contributed by atoms with van der Waals surface area (Å²) in [5.41, 5.74) is 1.58. The fourth-order valence-electron chi connectivity index (χ4n) is 4.54. The highest BCUT2D eigenvalue weighted by atomic mass is 16.5. The van der Waals surface area contributed by atoms with Gasteiger partial charge in [-0.2, -0.15) is 0 Å². The molecule has 1 aliphatic heterocycles. The van der Waals surface area contributed by atoms with Crippen molar-refractivity contribution in [2.75, 3.05) is 27.9 Å². The summed E-state index contributed by atoms with van der Waals surface area (Å²) in [4.78, 5) is 32.4. The smallest absolute Gasteiger partial charge is 0.295 e. The molecule has 204 valence electrons. The Labute approximate surface area is 227 Å². The lowest BCUT2D eigenvalue weighted by Crippen LogP contribution is -2.29. The summed E-state index contributed by atoms with van der Waals surface area (Å²) >= 11 is 0. The van der Waals surface area contributed by atoms with Crippen molar-refractivity contribution in [3.8, 4) is 23.0 Å². The van der Waals surface area contributed by atoms with Crippen molar-refractivity contribution in [3.63, 3.8) is 0 Å². The summed E-state index contributed by atoms with van der Waals surface area (Å²) in [5, 5.41) is 11.4. The first-order chi connectivity index (χ1) is 18.9. The molecule has 0 radical (unpaired) electrons. The van der Waals surface area contributed by atoms with E-state index >= 15 is 0 Å². The average molecular weight is 533 g/mol. The molecule has 1 atom stereocenters. The number of rotatable bonds is 11. The number of benzene rings is 2. The Morgan fingerprint density at radius 2 is 1.69 bits per heavy atom. The van der Waals surface area contributed by atoms with Crippen molar-refractivity contribution in [1.82, 2.24) is 9.88 Å². The van der Waals surface area contributed by atoms with Crippen LogP contribution in [0, 0.1) is 0 Å². The number of Topliss-reactive ketones (excluding diaryl/α,β-unsaturated/α-hetero) is 1. The number of unbranched alkanes of at least 4 members (excludes halogenated alkanes) is 1. The molecule has 4 rings (SSSR count). The van der Waals surface area contributed by atoms with E-state index in [2.05, 4.69) is 11.9 Å². The summed E-state index contributed by atoms with van der Waals surface area (Å²) < 4.78 is 22.2. The second kappa shape index (κ2) is 12.3. The number of methoxy groups -OCH3 is 3. The highest BCUT2D eigenvalue weighted by Crippen LogP contribution is 2.46. The maximum absolute atomic E-state index is 13.4. The first-order valence-electron chi connectivity index (χ1n) is 12.6. The summed E-state index contributed by atoms with van der Waals surface area (Å²) in [6.45, 7) is 2.77. The van der Waals surface area contributed by atoms with Crippen molar-refractivity contribution in [1.29, 1.82) is 0 Å². The van der Waals surface area contributed by atoms with Crippen LogP contribution in [0.2, 0.25) is 0 Å². The van der Waals surface area contributed by atoms with Gasteiger partial charge in [-0.3, -0.25) is 14.6 Å². The molecule has 9 heteroatoms. The normalized spacial score (nSPS) is 16.3. The van der Waals surface area contributed by atoms with Crippen LogP contribution in [0.3, 0.4) is 0 Å². The third kappa shape index (κ3) is 5.67. The number of pyridine rings is 1. The molecule has 3 aromatic rings. The number of aliphatic hydroxyl groups excluding tert-OH is 1. The fourth-order valence-corrected chi connectivity index (χ4v) is 4.54. The molecule has 1 unspecified atom stereocenters. The van der Waals surface area contributed by atoms with E-state index < -0.39 is 17.7 Å². The maximum Gasteiger partial charge on any atom is 0.295 e. The van der Waals surface area contributed by atoms with Crippen LogP contribution in [0.1, 0.15) is 42.5 Å². The number of carbonyl (C=O) groups is 2. The predicted octanol–water partition coefficient (Wildman–Crippen LogP) is 4.91. The zero-order valence-corrected chi connectivity index (χ0v) is 22.5. The molecule has 1 N–H and O–H groups in total. The molecule has 0 aliphatic carbocycles. The van der Waals surface area contributed by atoms with Crippen molar-refractivity contribution in [3.05, 3.63) is 83.2 Å². The van der Waals surface area contributed by atoms with Crippen LogP contribution in [0.25, 0.3) is 5.76 Å². The van der Waals surface area contributed by atoms with E-state index in [1.54, 1.807) is 54.9 Å². The number of hydrogen-bond acceptors (Lipinski definition) is 8. The maximum atomic E-state index is 13.4. The van der Waals surface area contributed by atoms with Crippen molar-refractivity contribution < 1.29 is 33.6 Å². The van der Waals surface area contributed by atoms with Gasteiger partial charge in [0.25, 0.3) is 11.7 Å². The lowest BCUT2D eigenvalue weighted by Gasteiger charge is -2.26. The number of ketones is 1. The molecule has 1 aliphatic rings. The third-order valence-electron chi connectivity index (χ3n) is 6.51.